The van der Waals surface area contributed by atoms with E-state index in [0.717, 1.165) is 22.8 Å². The van der Waals surface area contributed by atoms with Crippen molar-refractivity contribution in [3.05, 3.63) is 41.3 Å². The number of hydrogen-bond acceptors (Lipinski definition) is 2. The maximum Gasteiger partial charge on any atom is 0.126 e. The zero-order chi connectivity index (χ0) is 13.6. The molecule has 3 rings (SSSR count). The van der Waals surface area contributed by atoms with Gasteiger partial charge in [-0.05, 0) is 13.8 Å². The van der Waals surface area contributed by atoms with Crippen LogP contribution in [-0.4, -0.2) is 15.7 Å². The van der Waals surface area contributed by atoms with Crippen molar-refractivity contribution in [2.75, 3.05) is 0 Å². The van der Waals surface area contributed by atoms with Crippen LogP contribution in [0.3, 0.4) is 0 Å². The number of halogens is 1. The lowest BCUT2D eigenvalue weighted by Crippen LogP contribution is -2.30. The van der Waals surface area contributed by atoms with E-state index in [0.29, 0.717) is 13.0 Å². The Bertz CT molecular complexity index is 601. The van der Waals surface area contributed by atoms with Gasteiger partial charge in [0, 0.05) is 17.7 Å². The van der Waals surface area contributed by atoms with Gasteiger partial charge in [0.25, 0.3) is 0 Å². The molecule has 1 aliphatic rings. The van der Waals surface area contributed by atoms with Gasteiger partial charge in [-0.3, -0.25) is 0 Å². The fourth-order valence-corrected chi connectivity index (χ4v) is 2.71. The number of aryl methyl sites for hydroxylation is 1. The molecule has 0 saturated carbocycles. The van der Waals surface area contributed by atoms with Gasteiger partial charge in [-0.25, -0.2) is 9.37 Å². The van der Waals surface area contributed by atoms with Gasteiger partial charge in [-0.1, -0.05) is 29.8 Å². The van der Waals surface area contributed by atoms with E-state index in [1.54, 1.807) is 0 Å². The molecule has 0 aliphatic carbocycles. The third-order valence-corrected chi connectivity index (χ3v) is 3.80. The zero-order valence-electron chi connectivity index (χ0n) is 11.2. The summed E-state index contributed by atoms with van der Waals surface area (Å²) in [5, 5.41) is 0. The molecule has 0 spiro atoms. The summed E-state index contributed by atoms with van der Waals surface area (Å²) in [6.45, 7) is 4.41. The molecule has 1 aliphatic heterocycles. The van der Waals surface area contributed by atoms with Crippen molar-refractivity contribution in [2.45, 2.75) is 39.0 Å². The molecule has 0 bridgehead atoms. The largest absolute Gasteiger partial charge is 0.327 e. The molecule has 19 heavy (non-hydrogen) atoms. The summed E-state index contributed by atoms with van der Waals surface area (Å²) in [5.41, 5.74) is 10.2. The van der Waals surface area contributed by atoms with Crippen LogP contribution >= 0.6 is 0 Å². The first kappa shape index (κ1) is 12.4. The summed E-state index contributed by atoms with van der Waals surface area (Å²) in [6.07, 6.45) is -0.509. The Morgan fingerprint density at radius 3 is 2.63 bits per heavy atom. The van der Waals surface area contributed by atoms with Crippen LogP contribution in [0.25, 0.3) is 11.3 Å². The molecule has 2 N–H and O–H groups in total. The third-order valence-electron chi connectivity index (χ3n) is 3.80. The third kappa shape index (κ3) is 2.06. The van der Waals surface area contributed by atoms with Crippen molar-refractivity contribution >= 4 is 0 Å². The number of rotatable bonds is 1. The minimum absolute atomic E-state index is 0.304. The van der Waals surface area contributed by atoms with Crippen molar-refractivity contribution in [3.8, 4) is 11.3 Å². The number of alkyl halides is 1. The Morgan fingerprint density at radius 1 is 1.26 bits per heavy atom. The molecule has 1 aromatic heterocycles. The van der Waals surface area contributed by atoms with Gasteiger partial charge in [-0.15, -0.1) is 0 Å². The first-order valence-corrected chi connectivity index (χ1v) is 6.60. The van der Waals surface area contributed by atoms with Crippen molar-refractivity contribution in [2.24, 2.45) is 5.73 Å². The predicted octanol–water partition coefficient (Wildman–Crippen LogP) is 2.91. The Hall–Kier alpha value is -1.68. The highest BCUT2D eigenvalue weighted by Crippen LogP contribution is 2.31. The van der Waals surface area contributed by atoms with Crippen LogP contribution < -0.4 is 5.73 Å². The second-order valence-electron chi connectivity index (χ2n) is 5.32. The average Bonchev–Trinajstić information content (AvgIpc) is 2.69. The van der Waals surface area contributed by atoms with E-state index < -0.39 is 6.17 Å². The van der Waals surface area contributed by atoms with Gasteiger partial charge in [0.2, 0.25) is 0 Å². The maximum absolute atomic E-state index is 13.6. The van der Waals surface area contributed by atoms with E-state index >= 15 is 0 Å². The fraction of sp³-hybridized carbons (Fsp3) is 0.400. The molecular weight excluding hydrogens is 241 g/mol. The number of aromatic nitrogens is 2. The lowest BCUT2D eigenvalue weighted by Gasteiger charge is -2.23. The molecule has 0 fully saturated rings. The molecule has 2 heterocycles. The molecular formula is C15H18FN3. The first-order valence-electron chi connectivity index (χ1n) is 6.60. The van der Waals surface area contributed by atoms with Crippen molar-refractivity contribution < 1.29 is 4.39 Å². The standard InChI is InChI=1S/C15H18FN3/c1-9-3-5-11(6-4-9)14-10(2)19-8-12(16)7-13(17)15(19)18-14/h3-6,12-13H,7-8,17H2,1-2H3. The number of imidazole rings is 1. The lowest BCUT2D eigenvalue weighted by atomic mass is 10.1. The average molecular weight is 259 g/mol. The van der Waals surface area contributed by atoms with Crippen LogP contribution in [0.2, 0.25) is 0 Å². The Kier molecular flexibility index (Phi) is 2.90. The minimum Gasteiger partial charge on any atom is -0.327 e. The van der Waals surface area contributed by atoms with Crippen molar-refractivity contribution in [1.29, 1.82) is 0 Å². The van der Waals surface area contributed by atoms with Crippen molar-refractivity contribution in [3.63, 3.8) is 0 Å². The van der Waals surface area contributed by atoms with E-state index in [2.05, 4.69) is 36.2 Å². The molecule has 100 valence electrons. The molecule has 0 saturated heterocycles. The number of nitrogens with two attached hydrogens (primary N) is 1. The molecule has 0 radical (unpaired) electrons. The quantitative estimate of drug-likeness (QED) is 0.855. The number of nitrogens with zero attached hydrogens (tertiary/aromatic N) is 2. The highest BCUT2D eigenvalue weighted by molar-refractivity contribution is 5.62. The summed E-state index contributed by atoms with van der Waals surface area (Å²) in [7, 11) is 0. The maximum atomic E-state index is 13.6. The summed E-state index contributed by atoms with van der Waals surface area (Å²) in [6, 6.07) is 7.92. The molecule has 1 aromatic carbocycles. The molecule has 3 nitrogen and oxygen atoms in total. The van der Waals surface area contributed by atoms with E-state index in [1.165, 1.54) is 5.56 Å². The molecule has 2 aromatic rings. The number of hydrogen-bond donors (Lipinski definition) is 1. The normalized spacial score (nSPS) is 22.3. The molecule has 2 atom stereocenters. The lowest BCUT2D eigenvalue weighted by molar-refractivity contribution is 0.229. The van der Waals surface area contributed by atoms with Crippen molar-refractivity contribution in [1.82, 2.24) is 9.55 Å². The van der Waals surface area contributed by atoms with Crippen LogP contribution in [0, 0.1) is 13.8 Å². The van der Waals surface area contributed by atoms with Crippen LogP contribution in [0.4, 0.5) is 4.39 Å². The SMILES string of the molecule is Cc1ccc(-c2nc3n(c2C)CC(F)CC3N)cc1. The summed E-state index contributed by atoms with van der Waals surface area (Å²) >= 11 is 0. The Balaban J connectivity index is 2.09. The van der Waals surface area contributed by atoms with Gasteiger partial charge in [-0.2, -0.15) is 0 Å². The molecule has 4 heteroatoms. The highest BCUT2D eigenvalue weighted by Gasteiger charge is 2.28. The Labute approximate surface area is 112 Å². The van der Waals surface area contributed by atoms with E-state index in [4.69, 9.17) is 5.73 Å². The van der Waals surface area contributed by atoms with Gasteiger partial charge < -0.3 is 10.3 Å². The van der Waals surface area contributed by atoms with Gasteiger partial charge in [0.15, 0.2) is 0 Å². The second-order valence-corrected chi connectivity index (χ2v) is 5.32. The predicted molar refractivity (Wildman–Crippen MR) is 73.6 cm³/mol. The van der Waals surface area contributed by atoms with Crippen LogP contribution in [0.1, 0.15) is 29.5 Å². The minimum atomic E-state index is -0.874. The van der Waals surface area contributed by atoms with Gasteiger partial charge >= 0.3 is 0 Å². The van der Waals surface area contributed by atoms with Gasteiger partial charge in [0.05, 0.1) is 18.3 Å². The highest BCUT2D eigenvalue weighted by atomic mass is 19.1. The smallest absolute Gasteiger partial charge is 0.126 e. The van der Waals surface area contributed by atoms with Crippen LogP contribution in [-0.2, 0) is 6.54 Å². The summed E-state index contributed by atoms with van der Waals surface area (Å²) in [4.78, 5) is 4.64. The van der Waals surface area contributed by atoms with E-state index in [-0.39, 0.29) is 6.04 Å². The second kappa shape index (κ2) is 4.46. The molecule has 2 unspecified atom stereocenters. The monoisotopic (exact) mass is 259 g/mol. The summed E-state index contributed by atoms with van der Waals surface area (Å²) < 4.78 is 15.6. The fourth-order valence-electron chi connectivity index (χ4n) is 2.71. The van der Waals surface area contributed by atoms with Crippen LogP contribution in [0.15, 0.2) is 24.3 Å². The number of fused-ring (bicyclic) bond motifs is 1. The number of benzene rings is 1. The topological polar surface area (TPSA) is 43.8 Å². The van der Waals surface area contributed by atoms with Crippen LogP contribution in [0.5, 0.6) is 0 Å². The van der Waals surface area contributed by atoms with Gasteiger partial charge in [0.1, 0.15) is 12.0 Å². The summed E-state index contributed by atoms with van der Waals surface area (Å²) in [5.74, 6) is 0.807. The van der Waals surface area contributed by atoms with E-state index in [1.807, 2.05) is 11.5 Å². The van der Waals surface area contributed by atoms with E-state index in [9.17, 15) is 4.39 Å². The zero-order valence-corrected chi connectivity index (χ0v) is 11.2. The molecule has 0 amide bonds. The Morgan fingerprint density at radius 2 is 1.95 bits per heavy atom. The first-order chi connectivity index (χ1) is 9.06.